The quantitative estimate of drug-likeness (QED) is 0.473. The van der Waals surface area contributed by atoms with Crippen molar-refractivity contribution in [3.8, 4) is 11.5 Å². The topological polar surface area (TPSA) is 76.1 Å². The Morgan fingerprint density at radius 3 is 2.26 bits per heavy atom. The third-order valence-corrected chi connectivity index (χ3v) is 7.14. The van der Waals surface area contributed by atoms with Gasteiger partial charge in [-0.2, -0.15) is 0 Å². The van der Waals surface area contributed by atoms with E-state index in [1.807, 2.05) is 36.4 Å². The van der Waals surface area contributed by atoms with Gasteiger partial charge < -0.3 is 14.4 Å². The van der Waals surface area contributed by atoms with Crippen molar-refractivity contribution in [2.24, 2.45) is 0 Å². The van der Waals surface area contributed by atoms with Gasteiger partial charge in [0.1, 0.15) is 6.61 Å². The number of amides is 1. The van der Waals surface area contributed by atoms with Gasteiger partial charge in [0.2, 0.25) is 0 Å². The lowest BCUT2D eigenvalue weighted by Crippen LogP contribution is -2.21. The summed E-state index contributed by atoms with van der Waals surface area (Å²) in [6.07, 6.45) is 1.23. The van der Waals surface area contributed by atoms with Gasteiger partial charge in [-0.05, 0) is 58.7 Å². The second-order valence-corrected chi connectivity index (χ2v) is 11.0. The van der Waals surface area contributed by atoms with E-state index in [1.54, 1.807) is 50.4 Å². The molecule has 0 saturated heterocycles. The molecule has 0 N–H and O–H groups in total. The third-order valence-electron chi connectivity index (χ3n) is 6.03. The summed E-state index contributed by atoms with van der Waals surface area (Å²) < 4.78 is 35.3. The van der Waals surface area contributed by atoms with E-state index in [4.69, 9.17) is 9.47 Å². The summed E-state index contributed by atoms with van der Waals surface area (Å²) in [5.41, 5.74) is 4.88. The number of sulfone groups is 1. The van der Waals surface area contributed by atoms with Crippen molar-refractivity contribution in [3.05, 3.63) is 88.5 Å². The molecule has 0 aromatic heterocycles. The van der Waals surface area contributed by atoms with Crippen LogP contribution < -0.4 is 9.47 Å². The molecule has 0 unspecified atom stereocenters. The van der Waals surface area contributed by atoms with E-state index in [1.165, 1.54) is 6.26 Å². The first-order chi connectivity index (χ1) is 16.6. The lowest BCUT2D eigenvalue weighted by atomic mass is 10.1. The molecule has 1 aliphatic heterocycles. The first-order valence-corrected chi connectivity index (χ1v) is 13.2. The lowest BCUT2D eigenvalue weighted by Gasteiger charge is -2.17. The van der Waals surface area contributed by atoms with Gasteiger partial charge in [-0.25, -0.2) is 8.42 Å². The van der Waals surface area contributed by atoms with Crippen LogP contribution in [0.5, 0.6) is 11.5 Å². The molecule has 1 heterocycles. The summed E-state index contributed by atoms with van der Waals surface area (Å²) in [6, 6.07) is 18.6. The molecule has 0 aliphatic carbocycles. The van der Waals surface area contributed by atoms with E-state index in [0.717, 1.165) is 28.8 Å². The molecule has 0 spiro atoms. The molecule has 3 aromatic carbocycles. The maximum Gasteiger partial charge on any atom is 0.253 e. The molecule has 4 rings (SSSR count). The largest absolute Gasteiger partial charge is 0.493 e. The molecule has 0 radical (unpaired) electrons. The highest BCUT2D eigenvalue weighted by Gasteiger charge is 2.21. The van der Waals surface area contributed by atoms with Crippen molar-refractivity contribution < 1.29 is 22.7 Å². The summed E-state index contributed by atoms with van der Waals surface area (Å²) in [5, 5.41) is 0. The highest BCUT2D eigenvalue weighted by atomic mass is 32.2. The van der Waals surface area contributed by atoms with Crippen LogP contribution in [0.2, 0.25) is 0 Å². The molecule has 3 aromatic rings. The summed E-state index contributed by atoms with van der Waals surface area (Å²) in [7, 11) is 1.86. The van der Waals surface area contributed by atoms with Crippen LogP contribution in [0.4, 0.5) is 0 Å². The second-order valence-electron chi connectivity index (χ2n) is 9.02. The lowest BCUT2D eigenvalue weighted by molar-refractivity contribution is 0.0827. The van der Waals surface area contributed by atoms with Gasteiger partial charge in [0.05, 0.1) is 12.0 Å². The standard InChI is InChI=1S/C27H30N2O5S/c1-28(2)27(30)21-8-5-19(6-9-21)18-34-25-12-7-20(13-26(25)33-3)15-29-16-22-10-11-24(35(4,31)32)14-23(22)17-29/h5-14H,15-18H2,1-4H3. The maximum absolute atomic E-state index is 12.0. The number of nitrogens with zero attached hydrogens (tertiary/aromatic N) is 2. The number of rotatable bonds is 8. The van der Waals surface area contributed by atoms with Crippen molar-refractivity contribution in [3.63, 3.8) is 0 Å². The van der Waals surface area contributed by atoms with Gasteiger partial charge in [0, 0.05) is 45.5 Å². The fourth-order valence-electron chi connectivity index (χ4n) is 4.13. The highest BCUT2D eigenvalue weighted by molar-refractivity contribution is 7.90. The SMILES string of the molecule is COc1cc(CN2Cc3ccc(S(C)(=O)=O)cc3C2)ccc1OCc1ccc(C(=O)N(C)C)cc1. The fourth-order valence-corrected chi connectivity index (χ4v) is 4.81. The molecule has 1 aliphatic rings. The Hall–Kier alpha value is -3.36. The van der Waals surface area contributed by atoms with Gasteiger partial charge in [0.25, 0.3) is 5.91 Å². The Labute approximate surface area is 206 Å². The monoisotopic (exact) mass is 494 g/mol. The Morgan fingerprint density at radius 1 is 0.914 bits per heavy atom. The van der Waals surface area contributed by atoms with E-state index in [0.29, 0.717) is 41.7 Å². The number of hydrogen-bond donors (Lipinski definition) is 0. The van der Waals surface area contributed by atoms with Gasteiger partial charge in [-0.15, -0.1) is 0 Å². The average molecular weight is 495 g/mol. The number of methoxy groups -OCH3 is 1. The molecule has 0 saturated carbocycles. The van der Waals surface area contributed by atoms with Gasteiger partial charge in [-0.1, -0.05) is 24.3 Å². The minimum absolute atomic E-state index is 0.0355. The van der Waals surface area contributed by atoms with Crippen LogP contribution in [0.15, 0.2) is 65.6 Å². The first kappa shape index (κ1) is 24.8. The van der Waals surface area contributed by atoms with Crippen LogP contribution in [-0.2, 0) is 36.1 Å². The van der Waals surface area contributed by atoms with E-state index < -0.39 is 9.84 Å². The molecule has 35 heavy (non-hydrogen) atoms. The summed E-state index contributed by atoms with van der Waals surface area (Å²) in [6.45, 7) is 2.54. The van der Waals surface area contributed by atoms with E-state index in [-0.39, 0.29) is 5.91 Å². The Bertz CT molecular complexity index is 1330. The number of ether oxygens (including phenoxy) is 2. The van der Waals surface area contributed by atoms with Crippen molar-refractivity contribution in [2.45, 2.75) is 31.1 Å². The molecular weight excluding hydrogens is 464 g/mol. The van der Waals surface area contributed by atoms with Crippen LogP contribution in [-0.4, -0.2) is 51.6 Å². The average Bonchev–Trinajstić information content (AvgIpc) is 3.24. The van der Waals surface area contributed by atoms with Crippen molar-refractivity contribution >= 4 is 15.7 Å². The summed E-state index contributed by atoms with van der Waals surface area (Å²) >= 11 is 0. The van der Waals surface area contributed by atoms with Crippen LogP contribution in [0.3, 0.4) is 0 Å². The number of carbonyl (C=O) groups is 1. The smallest absolute Gasteiger partial charge is 0.253 e. The van der Waals surface area contributed by atoms with Crippen LogP contribution in [0.25, 0.3) is 0 Å². The molecule has 8 heteroatoms. The molecule has 0 bridgehead atoms. The molecule has 7 nitrogen and oxygen atoms in total. The Morgan fingerprint density at radius 2 is 1.60 bits per heavy atom. The van der Waals surface area contributed by atoms with E-state index >= 15 is 0 Å². The summed E-state index contributed by atoms with van der Waals surface area (Å²) in [5.74, 6) is 1.26. The minimum Gasteiger partial charge on any atom is -0.493 e. The van der Waals surface area contributed by atoms with Gasteiger partial charge in [-0.3, -0.25) is 9.69 Å². The molecule has 0 atom stereocenters. The normalized spacial score (nSPS) is 13.4. The zero-order chi connectivity index (χ0) is 25.2. The zero-order valence-electron chi connectivity index (χ0n) is 20.4. The minimum atomic E-state index is -3.22. The Balaban J connectivity index is 1.39. The molecular formula is C27H30N2O5S. The van der Waals surface area contributed by atoms with Gasteiger partial charge in [0.15, 0.2) is 21.3 Å². The Kier molecular flexibility index (Phi) is 7.14. The predicted molar refractivity (Wildman–Crippen MR) is 134 cm³/mol. The molecule has 184 valence electrons. The summed E-state index contributed by atoms with van der Waals surface area (Å²) in [4.78, 5) is 16.2. The first-order valence-electron chi connectivity index (χ1n) is 11.3. The number of fused-ring (bicyclic) bond motifs is 1. The van der Waals surface area contributed by atoms with Crippen molar-refractivity contribution in [1.82, 2.24) is 9.80 Å². The van der Waals surface area contributed by atoms with Gasteiger partial charge >= 0.3 is 0 Å². The zero-order valence-corrected chi connectivity index (χ0v) is 21.3. The fraction of sp³-hybridized carbons (Fsp3) is 0.296. The number of benzene rings is 3. The second kappa shape index (κ2) is 10.1. The molecule has 0 fully saturated rings. The van der Waals surface area contributed by atoms with Crippen LogP contribution in [0, 0.1) is 0 Å². The predicted octanol–water partition coefficient (Wildman–Crippen LogP) is 3.90. The maximum atomic E-state index is 12.0. The third kappa shape index (κ3) is 5.83. The van der Waals surface area contributed by atoms with Crippen molar-refractivity contribution in [1.29, 1.82) is 0 Å². The highest BCUT2D eigenvalue weighted by Crippen LogP contribution is 2.31. The van der Waals surface area contributed by atoms with Crippen LogP contribution in [0.1, 0.15) is 32.6 Å². The number of carbonyl (C=O) groups excluding carboxylic acids is 1. The molecule has 1 amide bonds. The van der Waals surface area contributed by atoms with Crippen LogP contribution >= 0.6 is 0 Å². The van der Waals surface area contributed by atoms with Crippen molar-refractivity contribution in [2.75, 3.05) is 27.5 Å². The number of hydrogen-bond acceptors (Lipinski definition) is 6. The van der Waals surface area contributed by atoms with E-state index in [2.05, 4.69) is 4.90 Å². The van der Waals surface area contributed by atoms with E-state index in [9.17, 15) is 13.2 Å².